The zero-order valence-corrected chi connectivity index (χ0v) is 12.3. The molecule has 7 heteroatoms. The monoisotopic (exact) mass is 295 g/mol. The second-order valence-electron chi connectivity index (χ2n) is 4.39. The molecule has 0 aromatic carbocycles. The lowest BCUT2D eigenvalue weighted by Crippen LogP contribution is -2.05. The van der Waals surface area contributed by atoms with E-state index < -0.39 is 5.97 Å². The lowest BCUT2D eigenvalue weighted by molar-refractivity contribution is 0.0701. The van der Waals surface area contributed by atoms with E-state index in [1.54, 1.807) is 14.0 Å². The van der Waals surface area contributed by atoms with Gasteiger partial charge in [-0.2, -0.15) is 0 Å². The van der Waals surface area contributed by atoms with Crippen molar-refractivity contribution in [2.75, 3.05) is 25.6 Å². The number of fused-ring (bicyclic) bond motifs is 1. The maximum atomic E-state index is 11.2. The summed E-state index contributed by atoms with van der Waals surface area (Å²) in [5, 5.41) is 13.2. The molecule has 2 rings (SSSR count). The highest BCUT2D eigenvalue weighted by Gasteiger charge is 2.18. The predicted molar refractivity (Wildman–Crippen MR) is 78.7 cm³/mol. The number of rotatable bonds is 7. The molecule has 108 valence electrons. The summed E-state index contributed by atoms with van der Waals surface area (Å²) >= 11 is 1.18. The van der Waals surface area contributed by atoms with Crippen molar-refractivity contribution in [3.63, 3.8) is 0 Å². The average Bonchev–Trinajstić information content (AvgIpc) is 2.77. The van der Waals surface area contributed by atoms with Gasteiger partial charge in [0.1, 0.15) is 21.9 Å². The fourth-order valence-electron chi connectivity index (χ4n) is 1.99. The number of unbranched alkanes of at least 4 members (excludes halogenated alkanes) is 1. The van der Waals surface area contributed by atoms with Gasteiger partial charge in [-0.3, -0.25) is 0 Å². The molecule has 0 spiro atoms. The van der Waals surface area contributed by atoms with Crippen LogP contribution >= 0.6 is 11.3 Å². The zero-order valence-electron chi connectivity index (χ0n) is 11.5. The third-order valence-electron chi connectivity index (χ3n) is 2.99. The summed E-state index contributed by atoms with van der Waals surface area (Å²) in [5.74, 6) is -0.217. The van der Waals surface area contributed by atoms with E-state index in [1.165, 1.54) is 17.7 Å². The van der Waals surface area contributed by atoms with Gasteiger partial charge in [0, 0.05) is 20.3 Å². The van der Waals surface area contributed by atoms with Crippen LogP contribution < -0.4 is 5.32 Å². The summed E-state index contributed by atoms with van der Waals surface area (Å²) in [7, 11) is 1.68. The van der Waals surface area contributed by atoms with E-state index in [0.717, 1.165) is 36.9 Å². The van der Waals surface area contributed by atoms with Crippen molar-refractivity contribution < 1.29 is 14.6 Å². The molecule has 6 nitrogen and oxygen atoms in total. The van der Waals surface area contributed by atoms with E-state index >= 15 is 0 Å². The van der Waals surface area contributed by atoms with E-state index in [1.807, 2.05) is 0 Å². The average molecular weight is 295 g/mol. The molecule has 0 bridgehead atoms. The Labute approximate surface area is 120 Å². The Morgan fingerprint density at radius 1 is 1.45 bits per heavy atom. The first-order valence-electron chi connectivity index (χ1n) is 6.35. The Bertz CT molecular complexity index is 612. The summed E-state index contributed by atoms with van der Waals surface area (Å²) in [4.78, 5) is 20.6. The quantitative estimate of drug-likeness (QED) is 0.764. The molecule has 0 aliphatic carbocycles. The van der Waals surface area contributed by atoms with Crippen molar-refractivity contribution in [2.24, 2.45) is 0 Å². The Hall–Kier alpha value is -1.73. The molecule has 2 aromatic rings. The predicted octanol–water partition coefficient (Wildman–Crippen LogP) is 2.54. The van der Waals surface area contributed by atoms with Crippen molar-refractivity contribution in [1.29, 1.82) is 0 Å². The number of ether oxygens (including phenoxy) is 1. The fourth-order valence-corrected chi connectivity index (χ4v) is 2.98. The summed E-state index contributed by atoms with van der Waals surface area (Å²) < 4.78 is 5.00. The number of thiophene rings is 1. The molecule has 0 saturated heterocycles. The molecule has 0 radical (unpaired) electrons. The van der Waals surface area contributed by atoms with Gasteiger partial charge in [0.25, 0.3) is 0 Å². The number of aryl methyl sites for hydroxylation is 1. The van der Waals surface area contributed by atoms with E-state index in [4.69, 9.17) is 9.84 Å². The molecule has 2 heterocycles. The molecule has 2 N–H and O–H groups in total. The third-order valence-corrected chi connectivity index (χ3v) is 4.18. The number of hydrogen-bond donors (Lipinski definition) is 2. The molecule has 0 aliphatic rings. The van der Waals surface area contributed by atoms with Gasteiger partial charge in [0.2, 0.25) is 0 Å². The first-order chi connectivity index (χ1) is 9.65. The number of hydrogen-bond acceptors (Lipinski definition) is 6. The number of carboxylic acid groups (broad SMARTS) is 1. The van der Waals surface area contributed by atoms with Crippen LogP contribution in [0, 0.1) is 6.92 Å². The van der Waals surface area contributed by atoms with Crippen LogP contribution in [0.2, 0.25) is 0 Å². The summed E-state index contributed by atoms with van der Waals surface area (Å²) in [5.41, 5.74) is 0.720. The van der Waals surface area contributed by atoms with Crippen molar-refractivity contribution >= 4 is 33.3 Å². The number of aromatic carboxylic acids is 1. The highest BCUT2D eigenvalue weighted by Crippen LogP contribution is 2.33. The third kappa shape index (κ3) is 3.05. The first-order valence-corrected chi connectivity index (χ1v) is 7.17. The van der Waals surface area contributed by atoms with Crippen molar-refractivity contribution in [3.05, 3.63) is 16.8 Å². The van der Waals surface area contributed by atoms with Crippen LogP contribution in [0.15, 0.2) is 6.33 Å². The maximum Gasteiger partial charge on any atom is 0.346 e. The number of carbonyl (C=O) groups is 1. The Morgan fingerprint density at radius 3 is 2.95 bits per heavy atom. The molecule has 0 fully saturated rings. The Balaban J connectivity index is 2.19. The van der Waals surface area contributed by atoms with Gasteiger partial charge in [-0.25, -0.2) is 14.8 Å². The van der Waals surface area contributed by atoms with Crippen LogP contribution in [0.1, 0.15) is 28.1 Å². The van der Waals surface area contributed by atoms with E-state index in [9.17, 15) is 4.79 Å². The van der Waals surface area contributed by atoms with Gasteiger partial charge in [-0.05, 0) is 25.3 Å². The van der Waals surface area contributed by atoms with Crippen LogP contribution in [0.3, 0.4) is 0 Å². The lowest BCUT2D eigenvalue weighted by atomic mass is 10.2. The number of methoxy groups -OCH3 is 1. The molecule has 0 aliphatic heterocycles. The number of nitrogens with zero attached hydrogens (tertiary/aromatic N) is 2. The number of carboxylic acids is 1. The number of aromatic nitrogens is 2. The van der Waals surface area contributed by atoms with Crippen molar-refractivity contribution in [1.82, 2.24) is 9.97 Å². The minimum absolute atomic E-state index is 0.322. The summed E-state index contributed by atoms with van der Waals surface area (Å²) in [6.07, 6.45) is 3.40. The SMILES string of the molecule is COCCCCNc1ncnc2sc(C(=O)O)c(C)c12. The van der Waals surface area contributed by atoms with Gasteiger partial charge >= 0.3 is 5.97 Å². The number of anilines is 1. The number of nitrogens with one attached hydrogen (secondary N) is 1. The lowest BCUT2D eigenvalue weighted by Gasteiger charge is -2.06. The molecular weight excluding hydrogens is 278 g/mol. The first kappa shape index (κ1) is 14.7. The van der Waals surface area contributed by atoms with E-state index in [0.29, 0.717) is 15.5 Å². The Kier molecular flexibility index (Phi) is 4.86. The largest absolute Gasteiger partial charge is 0.477 e. The van der Waals surface area contributed by atoms with E-state index in [2.05, 4.69) is 15.3 Å². The normalized spacial score (nSPS) is 10.9. The van der Waals surface area contributed by atoms with Crippen LogP contribution in [-0.2, 0) is 4.74 Å². The Morgan fingerprint density at radius 2 is 2.25 bits per heavy atom. The summed E-state index contributed by atoms with van der Waals surface area (Å²) in [6.45, 7) is 3.30. The van der Waals surface area contributed by atoms with Crippen LogP contribution in [0.4, 0.5) is 5.82 Å². The minimum atomic E-state index is -0.920. The molecule has 0 amide bonds. The van der Waals surface area contributed by atoms with E-state index in [-0.39, 0.29) is 0 Å². The maximum absolute atomic E-state index is 11.2. The second kappa shape index (κ2) is 6.62. The van der Waals surface area contributed by atoms with Gasteiger partial charge in [0.05, 0.1) is 5.39 Å². The van der Waals surface area contributed by atoms with Gasteiger partial charge in [0.15, 0.2) is 0 Å². The highest BCUT2D eigenvalue weighted by atomic mass is 32.1. The highest BCUT2D eigenvalue weighted by molar-refractivity contribution is 7.20. The van der Waals surface area contributed by atoms with Gasteiger partial charge in [-0.1, -0.05) is 0 Å². The van der Waals surface area contributed by atoms with Crippen molar-refractivity contribution in [3.8, 4) is 0 Å². The molecule has 20 heavy (non-hydrogen) atoms. The van der Waals surface area contributed by atoms with Gasteiger partial charge in [-0.15, -0.1) is 11.3 Å². The minimum Gasteiger partial charge on any atom is -0.477 e. The van der Waals surface area contributed by atoms with Crippen molar-refractivity contribution in [2.45, 2.75) is 19.8 Å². The summed E-state index contributed by atoms with van der Waals surface area (Å²) in [6, 6.07) is 0. The molecule has 0 unspecified atom stereocenters. The van der Waals surface area contributed by atoms with Crippen LogP contribution in [0.25, 0.3) is 10.2 Å². The standard InChI is InChI=1S/C13H17N3O3S/c1-8-9-11(14-5-3-4-6-19-2)15-7-16-12(9)20-10(8)13(17)18/h7H,3-6H2,1-2H3,(H,17,18)(H,14,15,16). The fraction of sp³-hybridized carbons (Fsp3) is 0.462. The smallest absolute Gasteiger partial charge is 0.346 e. The second-order valence-corrected chi connectivity index (χ2v) is 5.39. The molecular formula is C13H17N3O3S. The van der Waals surface area contributed by atoms with Gasteiger partial charge < -0.3 is 15.2 Å². The molecule has 0 saturated carbocycles. The van der Waals surface area contributed by atoms with Crippen LogP contribution in [0.5, 0.6) is 0 Å². The molecule has 0 atom stereocenters. The van der Waals surface area contributed by atoms with Crippen LogP contribution in [-0.4, -0.2) is 41.3 Å². The topological polar surface area (TPSA) is 84.3 Å². The zero-order chi connectivity index (χ0) is 14.5. The molecule has 2 aromatic heterocycles.